The van der Waals surface area contributed by atoms with E-state index in [2.05, 4.69) is 0 Å². The normalized spacial score (nSPS) is 26.1. The summed E-state index contributed by atoms with van der Waals surface area (Å²) in [5.41, 5.74) is -1.19. The molecule has 110 valence electrons. The summed E-state index contributed by atoms with van der Waals surface area (Å²) >= 11 is 11.9. The Kier molecular flexibility index (Phi) is 3.70. The summed E-state index contributed by atoms with van der Waals surface area (Å²) in [5, 5.41) is 11.4. The fourth-order valence-corrected chi connectivity index (χ4v) is 2.94. The van der Waals surface area contributed by atoms with Gasteiger partial charge in [0.1, 0.15) is 5.72 Å². The van der Waals surface area contributed by atoms with Crippen molar-refractivity contribution >= 4 is 34.9 Å². The zero-order valence-corrected chi connectivity index (χ0v) is 13.5. The van der Waals surface area contributed by atoms with Crippen LogP contribution in [0.25, 0.3) is 0 Å². The van der Waals surface area contributed by atoms with Crippen molar-refractivity contribution in [2.75, 3.05) is 11.9 Å². The third-order valence-corrected chi connectivity index (χ3v) is 4.54. The lowest BCUT2D eigenvalue weighted by molar-refractivity contribution is -0.0182. The number of aliphatic hydroxyl groups is 1. The maximum absolute atomic E-state index is 12.6. The van der Waals surface area contributed by atoms with Crippen LogP contribution >= 0.6 is 23.2 Å². The van der Waals surface area contributed by atoms with Crippen LogP contribution in [0.5, 0.6) is 0 Å². The van der Waals surface area contributed by atoms with Gasteiger partial charge in [-0.2, -0.15) is 0 Å². The van der Waals surface area contributed by atoms with Crippen LogP contribution in [0.3, 0.4) is 0 Å². The van der Waals surface area contributed by atoms with Gasteiger partial charge in [0.25, 0.3) is 0 Å². The minimum Gasteiger partial charge on any atom is -0.371 e. The predicted molar refractivity (Wildman–Crippen MR) is 81.4 cm³/mol. The number of hydrogen-bond donors (Lipinski definition) is 1. The summed E-state index contributed by atoms with van der Waals surface area (Å²) in [6.07, 6.45) is 0.419. The minimum absolute atomic E-state index is 0.273. The van der Waals surface area contributed by atoms with Gasteiger partial charge in [-0.15, -0.1) is 0 Å². The fourth-order valence-electron chi connectivity index (χ4n) is 2.64. The topological polar surface area (TPSA) is 43.8 Å². The van der Waals surface area contributed by atoms with Gasteiger partial charge < -0.3 is 10.0 Å². The molecular weight excluding hydrogens is 299 g/mol. The van der Waals surface area contributed by atoms with Crippen LogP contribution in [0, 0.1) is 0 Å². The zero-order chi connectivity index (χ0) is 15.3. The molecule has 0 spiro atoms. The number of nitrogens with zero attached hydrogens (tertiary/aromatic N) is 2. The Bertz CT molecular complexity index is 558. The van der Waals surface area contributed by atoms with Crippen molar-refractivity contribution in [2.24, 2.45) is 0 Å². The monoisotopic (exact) mass is 316 g/mol. The SMILES string of the molecule is CN1C(=O)N(c2ccc(Cl)c(Cl)c2)[C@](C)(O)CC1(C)C. The second-order valence-electron chi connectivity index (χ2n) is 5.98. The molecule has 1 heterocycles. The number of carbonyl (C=O) groups is 1. The molecule has 1 N–H and O–H groups in total. The van der Waals surface area contributed by atoms with Gasteiger partial charge in [-0.1, -0.05) is 23.2 Å². The summed E-state index contributed by atoms with van der Waals surface area (Å²) in [6, 6.07) is 4.60. The van der Waals surface area contributed by atoms with Crippen molar-refractivity contribution in [2.45, 2.75) is 38.5 Å². The molecular formula is C14H18Cl2N2O2. The molecule has 0 saturated carbocycles. The average molecular weight is 317 g/mol. The van der Waals surface area contributed by atoms with Crippen molar-refractivity contribution in [3.63, 3.8) is 0 Å². The van der Waals surface area contributed by atoms with Crippen LogP contribution in [0.2, 0.25) is 10.0 Å². The Balaban J connectivity index is 2.49. The van der Waals surface area contributed by atoms with Crippen LogP contribution in [0.15, 0.2) is 18.2 Å². The molecule has 6 heteroatoms. The Labute approximate surface area is 128 Å². The van der Waals surface area contributed by atoms with Gasteiger partial charge in [0, 0.05) is 24.7 Å². The Morgan fingerprint density at radius 2 is 1.80 bits per heavy atom. The Hall–Kier alpha value is -0.970. The average Bonchev–Trinajstić information content (AvgIpc) is 2.29. The maximum Gasteiger partial charge on any atom is 0.327 e. The standard InChI is InChI=1S/C14H18Cl2N2O2/c1-13(2)8-14(3,20)18(12(19)17(13)4)9-5-6-10(15)11(16)7-9/h5-7,20H,8H2,1-4H3/t14-/m1/s1. The van der Waals surface area contributed by atoms with Crippen molar-refractivity contribution < 1.29 is 9.90 Å². The summed E-state index contributed by atoms with van der Waals surface area (Å²) in [7, 11) is 1.72. The molecule has 0 radical (unpaired) electrons. The van der Waals surface area contributed by atoms with Crippen LogP contribution in [-0.2, 0) is 0 Å². The number of halogens is 2. The summed E-state index contributed by atoms with van der Waals surface area (Å²) in [4.78, 5) is 15.5. The quantitative estimate of drug-likeness (QED) is 0.857. The highest BCUT2D eigenvalue weighted by atomic mass is 35.5. The van der Waals surface area contributed by atoms with Gasteiger partial charge in [0.15, 0.2) is 0 Å². The second kappa shape index (κ2) is 4.79. The van der Waals surface area contributed by atoms with Crippen molar-refractivity contribution in [3.05, 3.63) is 28.2 Å². The lowest BCUT2D eigenvalue weighted by atomic mass is 9.88. The smallest absolute Gasteiger partial charge is 0.327 e. The van der Waals surface area contributed by atoms with E-state index in [9.17, 15) is 9.90 Å². The largest absolute Gasteiger partial charge is 0.371 e. The summed E-state index contributed by atoms with van der Waals surface area (Å²) in [5.74, 6) is 0. The Morgan fingerprint density at radius 3 is 2.35 bits per heavy atom. The molecule has 4 nitrogen and oxygen atoms in total. The molecule has 0 bridgehead atoms. The number of benzene rings is 1. The molecule has 1 aliphatic rings. The molecule has 0 unspecified atom stereocenters. The van der Waals surface area contributed by atoms with Crippen molar-refractivity contribution in [3.8, 4) is 0 Å². The highest BCUT2D eigenvalue weighted by molar-refractivity contribution is 6.42. The molecule has 1 aromatic rings. The maximum atomic E-state index is 12.6. The first-order valence-corrected chi connectivity index (χ1v) is 7.07. The second-order valence-corrected chi connectivity index (χ2v) is 6.80. The van der Waals surface area contributed by atoms with Crippen LogP contribution in [0.4, 0.5) is 10.5 Å². The molecule has 2 rings (SSSR count). The van der Waals surface area contributed by atoms with E-state index in [-0.39, 0.29) is 6.03 Å². The molecule has 1 aromatic carbocycles. The third kappa shape index (κ3) is 2.48. The predicted octanol–water partition coefficient (Wildman–Crippen LogP) is 3.74. The number of hydrogen-bond acceptors (Lipinski definition) is 2. The van der Waals surface area contributed by atoms with Gasteiger partial charge in [-0.05, 0) is 39.0 Å². The molecule has 0 aliphatic carbocycles. The molecule has 2 amide bonds. The van der Waals surface area contributed by atoms with E-state index in [1.165, 1.54) is 4.90 Å². The van der Waals surface area contributed by atoms with Crippen molar-refractivity contribution in [1.29, 1.82) is 0 Å². The van der Waals surface area contributed by atoms with Gasteiger partial charge in [0.05, 0.1) is 10.0 Å². The summed E-state index contributed by atoms with van der Waals surface area (Å²) in [6.45, 7) is 5.47. The molecule has 1 saturated heterocycles. The molecule has 0 aromatic heterocycles. The van der Waals surface area contributed by atoms with Gasteiger partial charge in [-0.25, -0.2) is 4.79 Å². The number of amides is 2. The van der Waals surface area contributed by atoms with E-state index in [4.69, 9.17) is 23.2 Å². The van der Waals surface area contributed by atoms with Crippen LogP contribution in [-0.4, -0.2) is 34.3 Å². The number of carbonyl (C=O) groups excluding carboxylic acids is 1. The lowest BCUT2D eigenvalue weighted by Crippen LogP contribution is -2.67. The van der Waals surface area contributed by atoms with Crippen LogP contribution in [0.1, 0.15) is 27.2 Å². The van der Waals surface area contributed by atoms with Gasteiger partial charge in [0.2, 0.25) is 0 Å². The van der Waals surface area contributed by atoms with Gasteiger partial charge in [-0.3, -0.25) is 4.90 Å². The van der Waals surface area contributed by atoms with E-state index in [0.717, 1.165) is 0 Å². The van der Waals surface area contributed by atoms with E-state index in [1.807, 2.05) is 13.8 Å². The zero-order valence-electron chi connectivity index (χ0n) is 11.9. The Morgan fingerprint density at radius 1 is 1.20 bits per heavy atom. The van der Waals surface area contributed by atoms with E-state index in [1.54, 1.807) is 37.1 Å². The minimum atomic E-state index is -1.29. The molecule has 1 fully saturated rings. The number of rotatable bonds is 1. The van der Waals surface area contributed by atoms with E-state index in [0.29, 0.717) is 22.2 Å². The molecule has 1 atom stereocenters. The first-order valence-electron chi connectivity index (χ1n) is 6.32. The van der Waals surface area contributed by atoms with Crippen LogP contribution < -0.4 is 4.90 Å². The third-order valence-electron chi connectivity index (χ3n) is 3.80. The summed E-state index contributed by atoms with van der Waals surface area (Å²) < 4.78 is 0. The van der Waals surface area contributed by atoms with Gasteiger partial charge >= 0.3 is 6.03 Å². The highest BCUT2D eigenvalue weighted by Gasteiger charge is 2.49. The molecule has 20 heavy (non-hydrogen) atoms. The first kappa shape index (κ1) is 15.4. The lowest BCUT2D eigenvalue weighted by Gasteiger charge is -2.52. The number of urea groups is 1. The fraction of sp³-hybridized carbons (Fsp3) is 0.500. The number of anilines is 1. The molecule has 1 aliphatic heterocycles. The van der Waals surface area contributed by atoms with E-state index < -0.39 is 11.3 Å². The van der Waals surface area contributed by atoms with E-state index >= 15 is 0 Å². The first-order chi connectivity index (χ1) is 9.06. The van der Waals surface area contributed by atoms with Crippen molar-refractivity contribution in [1.82, 2.24) is 4.90 Å². The highest BCUT2D eigenvalue weighted by Crippen LogP contribution is 2.39.